The van der Waals surface area contributed by atoms with Gasteiger partial charge in [0.25, 0.3) is 0 Å². The van der Waals surface area contributed by atoms with Gasteiger partial charge in [-0.05, 0) is 23.3 Å². The Kier molecular flexibility index (Phi) is 8.63. The Hall–Kier alpha value is -1.54. The molecule has 146 valence electrons. The van der Waals surface area contributed by atoms with Crippen LogP contribution >= 0.6 is 23.4 Å². The standard InChI is InChI=1S/C19H23ClN2O3S2/c1-27(24,25)22(13-16-5-3-2-4-6-16)14-19(23)21-11-12-26-15-17-7-9-18(20)10-8-17/h2-10H,11-15H2,1H3,(H,21,23). The first-order valence-corrected chi connectivity index (χ1v) is 11.8. The van der Waals surface area contributed by atoms with Gasteiger partial charge in [-0.15, -0.1) is 0 Å². The predicted molar refractivity (Wildman–Crippen MR) is 112 cm³/mol. The maximum atomic E-state index is 12.1. The van der Waals surface area contributed by atoms with Crippen molar-refractivity contribution in [1.82, 2.24) is 9.62 Å². The monoisotopic (exact) mass is 426 g/mol. The molecule has 0 atom stereocenters. The number of nitrogens with one attached hydrogen (secondary N) is 1. The van der Waals surface area contributed by atoms with Crippen molar-refractivity contribution in [3.63, 3.8) is 0 Å². The molecule has 8 heteroatoms. The molecule has 5 nitrogen and oxygen atoms in total. The van der Waals surface area contributed by atoms with Crippen LogP contribution in [-0.4, -0.2) is 43.7 Å². The number of benzene rings is 2. The van der Waals surface area contributed by atoms with Crippen molar-refractivity contribution >= 4 is 39.3 Å². The van der Waals surface area contributed by atoms with Crippen LogP contribution in [0.4, 0.5) is 0 Å². The molecule has 1 amide bonds. The number of halogens is 1. The van der Waals surface area contributed by atoms with Crippen LogP contribution in [0.25, 0.3) is 0 Å². The van der Waals surface area contributed by atoms with E-state index >= 15 is 0 Å². The highest BCUT2D eigenvalue weighted by Crippen LogP contribution is 2.15. The molecule has 0 heterocycles. The van der Waals surface area contributed by atoms with E-state index in [1.165, 1.54) is 9.87 Å². The van der Waals surface area contributed by atoms with E-state index in [2.05, 4.69) is 5.32 Å². The van der Waals surface area contributed by atoms with Crippen molar-refractivity contribution in [2.24, 2.45) is 0 Å². The zero-order chi connectivity index (χ0) is 19.7. The number of thioether (sulfide) groups is 1. The lowest BCUT2D eigenvalue weighted by Gasteiger charge is -2.19. The topological polar surface area (TPSA) is 66.5 Å². The molecule has 0 spiro atoms. The van der Waals surface area contributed by atoms with Gasteiger partial charge in [0, 0.05) is 29.6 Å². The SMILES string of the molecule is CS(=O)(=O)N(CC(=O)NCCSCc1ccc(Cl)cc1)Cc1ccccc1. The predicted octanol–water partition coefficient (Wildman–Crippen LogP) is 3.15. The molecule has 0 bridgehead atoms. The summed E-state index contributed by atoms with van der Waals surface area (Å²) < 4.78 is 25.1. The van der Waals surface area contributed by atoms with Crippen molar-refractivity contribution in [2.75, 3.05) is 25.1 Å². The number of sulfonamides is 1. The van der Waals surface area contributed by atoms with Crippen LogP contribution in [0.2, 0.25) is 5.02 Å². The Labute approximate surface area is 170 Å². The molecule has 2 rings (SSSR count). The Balaban J connectivity index is 1.74. The smallest absolute Gasteiger partial charge is 0.235 e. The number of amides is 1. The van der Waals surface area contributed by atoms with Gasteiger partial charge in [-0.25, -0.2) is 8.42 Å². The van der Waals surface area contributed by atoms with Gasteiger partial charge in [0.05, 0.1) is 12.8 Å². The largest absolute Gasteiger partial charge is 0.354 e. The minimum absolute atomic E-state index is 0.179. The number of hydrogen-bond donors (Lipinski definition) is 1. The molecule has 0 radical (unpaired) electrons. The van der Waals surface area contributed by atoms with Gasteiger partial charge in [-0.3, -0.25) is 4.79 Å². The molecule has 0 saturated heterocycles. The number of carbonyl (C=O) groups excluding carboxylic acids is 1. The van der Waals surface area contributed by atoms with Crippen LogP contribution in [0.15, 0.2) is 54.6 Å². The van der Waals surface area contributed by atoms with Gasteiger partial charge in [-0.2, -0.15) is 16.1 Å². The number of nitrogens with zero attached hydrogens (tertiary/aromatic N) is 1. The fourth-order valence-corrected chi connectivity index (χ4v) is 4.01. The lowest BCUT2D eigenvalue weighted by atomic mass is 10.2. The average Bonchev–Trinajstić information content (AvgIpc) is 2.62. The highest BCUT2D eigenvalue weighted by Gasteiger charge is 2.20. The van der Waals surface area contributed by atoms with Gasteiger partial charge >= 0.3 is 0 Å². The van der Waals surface area contributed by atoms with Crippen molar-refractivity contribution in [2.45, 2.75) is 12.3 Å². The van der Waals surface area contributed by atoms with Crippen molar-refractivity contribution in [3.05, 3.63) is 70.7 Å². The zero-order valence-electron chi connectivity index (χ0n) is 15.1. The van der Waals surface area contributed by atoms with E-state index in [0.717, 1.165) is 23.3 Å². The Morgan fingerprint density at radius 1 is 1.07 bits per heavy atom. The first-order valence-electron chi connectivity index (χ1n) is 8.42. The molecule has 27 heavy (non-hydrogen) atoms. The lowest BCUT2D eigenvalue weighted by Crippen LogP contribution is -2.40. The second-order valence-corrected chi connectivity index (χ2v) is 9.57. The molecular weight excluding hydrogens is 404 g/mol. The molecule has 0 saturated carbocycles. The van der Waals surface area contributed by atoms with Crippen molar-refractivity contribution in [1.29, 1.82) is 0 Å². The summed E-state index contributed by atoms with van der Waals surface area (Å²) in [6.45, 7) is 0.480. The number of rotatable bonds is 10. The van der Waals surface area contributed by atoms with Gasteiger partial charge < -0.3 is 5.32 Å². The Morgan fingerprint density at radius 3 is 2.37 bits per heavy atom. The normalized spacial score (nSPS) is 11.5. The average molecular weight is 427 g/mol. The molecular formula is C19H23ClN2O3S2. The summed E-state index contributed by atoms with van der Waals surface area (Å²) in [4.78, 5) is 12.1. The lowest BCUT2D eigenvalue weighted by molar-refractivity contribution is -0.121. The van der Waals surface area contributed by atoms with E-state index in [1.807, 2.05) is 54.6 Å². The van der Waals surface area contributed by atoms with E-state index < -0.39 is 10.0 Å². The van der Waals surface area contributed by atoms with Gasteiger partial charge in [0.1, 0.15) is 0 Å². The van der Waals surface area contributed by atoms with Crippen LogP contribution in [0.1, 0.15) is 11.1 Å². The number of hydrogen-bond acceptors (Lipinski definition) is 4. The van der Waals surface area contributed by atoms with Crippen LogP contribution in [0.5, 0.6) is 0 Å². The van der Waals surface area contributed by atoms with Crippen molar-refractivity contribution < 1.29 is 13.2 Å². The molecule has 0 aromatic heterocycles. The summed E-state index contributed by atoms with van der Waals surface area (Å²) in [7, 11) is -3.48. The summed E-state index contributed by atoms with van der Waals surface area (Å²) >= 11 is 7.55. The third-order valence-corrected chi connectivity index (χ3v) is 6.22. The Bertz CT molecular complexity index is 828. The summed E-state index contributed by atoms with van der Waals surface area (Å²) in [5.74, 6) is 1.27. The minimum atomic E-state index is -3.48. The summed E-state index contributed by atoms with van der Waals surface area (Å²) in [6.07, 6.45) is 1.12. The van der Waals surface area contributed by atoms with Crippen molar-refractivity contribution in [3.8, 4) is 0 Å². The third kappa shape index (κ3) is 8.34. The van der Waals surface area contributed by atoms with E-state index in [-0.39, 0.29) is 19.0 Å². The van der Waals surface area contributed by atoms with Crippen LogP contribution < -0.4 is 5.32 Å². The first-order chi connectivity index (χ1) is 12.8. The van der Waals surface area contributed by atoms with Gasteiger partial charge in [-0.1, -0.05) is 54.1 Å². The highest BCUT2D eigenvalue weighted by molar-refractivity contribution is 7.98. The summed E-state index contributed by atoms with van der Waals surface area (Å²) in [5.41, 5.74) is 2.01. The molecule has 2 aromatic rings. The quantitative estimate of drug-likeness (QED) is 0.592. The van der Waals surface area contributed by atoms with Crippen LogP contribution in [-0.2, 0) is 27.1 Å². The highest BCUT2D eigenvalue weighted by atomic mass is 35.5. The van der Waals surface area contributed by atoms with Gasteiger partial charge in [0.2, 0.25) is 15.9 Å². The third-order valence-electron chi connectivity index (χ3n) is 3.74. The molecule has 0 unspecified atom stereocenters. The van der Waals surface area contributed by atoms with Crippen LogP contribution in [0, 0.1) is 0 Å². The minimum Gasteiger partial charge on any atom is -0.354 e. The maximum absolute atomic E-state index is 12.1. The van der Waals surface area contributed by atoms with E-state index in [4.69, 9.17) is 11.6 Å². The van der Waals surface area contributed by atoms with Crippen LogP contribution in [0.3, 0.4) is 0 Å². The summed E-state index contributed by atoms with van der Waals surface area (Å²) in [5, 5.41) is 3.49. The second-order valence-electron chi connectivity index (χ2n) is 6.05. The molecule has 0 fully saturated rings. The number of carbonyl (C=O) groups is 1. The molecule has 0 aliphatic rings. The summed E-state index contributed by atoms with van der Waals surface area (Å²) in [6, 6.07) is 16.9. The molecule has 2 aromatic carbocycles. The van der Waals surface area contributed by atoms with E-state index in [9.17, 15) is 13.2 Å². The Morgan fingerprint density at radius 2 is 1.74 bits per heavy atom. The fourth-order valence-electron chi connectivity index (χ4n) is 2.33. The molecule has 1 N–H and O–H groups in total. The first kappa shape index (κ1) is 21.8. The van der Waals surface area contributed by atoms with E-state index in [0.29, 0.717) is 11.6 Å². The second kappa shape index (κ2) is 10.7. The molecule has 0 aliphatic carbocycles. The zero-order valence-corrected chi connectivity index (χ0v) is 17.5. The fraction of sp³-hybridized carbons (Fsp3) is 0.316. The molecule has 0 aliphatic heterocycles. The van der Waals surface area contributed by atoms with Gasteiger partial charge in [0.15, 0.2) is 0 Å². The van der Waals surface area contributed by atoms with E-state index in [1.54, 1.807) is 11.8 Å². The maximum Gasteiger partial charge on any atom is 0.235 e.